The zero-order valence-electron chi connectivity index (χ0n) is 12.1. The van der Waals surface area contributed by atoms with Crippen LogP contribution in [-0.4, -0.2) is 30.9 Å². The van der Waals surface area contributed by atoms with Crippen molar-refractivity contribution in [2.45, 2.75) is 25.7 Å². The summed E-state index contributed by atoms with van der Waals surface area (Å²) < 4.78 is 10.8. The molecule has 0 atom stereocenters. The minimum Gasteiger partial charge on any atom is -0.496 e. The lowest BCUT2D eigenvalue weighted by molar-refractivity contribution is 0.283. The van der Waals surface area contributed by atoms with Crippen molar-refractivity contribution >= 4 is 10.8 Å². The van der Waals surface area contributed by atoms with Crippen molar-refractivity contribution in [3.8, 4) is 11.6 Å². The molecule has 0 saturated heterocycles. The number of aliphatic hydroxyl groups excluding tert-OH is 1. The van der Waals surface area contributed by atoms with Crippen LogP contribution in [0.5, 0.6) is 11.6 Å². The molecule has 0 saturated carbocycles. The molecule has 0 aliphatic heterocycles. The number of methoxy groups -OCH3 is 2. The van der Waals surface area contributed by atoms with Crippen molar-refractivity contribution in [3.05, 3.63) is 30.0 Å². The molecule has 0 radical (unpaired) electrons. The first-order chi connectivity index (χ1) is 9.80. The lowest BCUT2D eigenvalue weighted by Crippen LogP contribution is -1.96. The Bertz CT molecular complexity index is 569. The Labute approximate surface area is 119 Å². The van der Waals surface area contributed by atoms with E-state index in [1.165, 1.54) is 0 Å². The maximum absolute atomic E-state index is 8.82. The van der Waals surface area contributed by atoms with E-state index in [9.17, 15) is 0 Å². The first-order valence-corrected chi connectivity index (χ1v) is 6.90. The van der Waals surface area contributed by atoms with Gasteiger partial charge in [-0.2, -0.15) is 0 Å². The van der Waals surface area contributed by atoms with Crippen LogP contribution in [0.2, 0.25) is 0 Å². The van der Waals surface area contributed by atoms with Gasteiger partial charge in [0.25, 0.3) is 0 Å². The van der Waals surface area contributed by atoms with Gasteiger partial charge in [0.1, 0.15) is 5.75 Å². The summed E-state index contributed by atoms with van der Waals surface area (Å²) in [6.07, 6.45) is 5.56. The van der Waals surface area contributed by atoms with E-state index in [0.29, 0.717) is 5.88 Å². The summed E-state index contributed by atoms with van der Waals surface area (Å²) in [5.41, 5.74) is 1.16. The highest BCUT2D eigenvalue weighted by molar-refractivity contribution is 5.88. The van der Waals surface area contributed by atoms with Crippen LogP contribution in [0.15, 0.2) is 24.4 Å². The van der Waals surface area contributed by atoms with Crippen molar-refractivity contribution in [2.24, 2.45) is 0 Å². The number of rotatable bonds is 7. The van der Waals surface area contributed by atoms with Gasteiger partial charge in [-0.15, -0.1) is 0 Å². The van der Waals surface area contributed by atoms with E-state index >= 15 is 0 Å². The summed E-state index contributed by atoms with van der Waals surface area (Å²) in [5.74, 6) is 1.54. The maximum atomic E-state index is 8.82. The molecule has 0 unspecified atom stereocenters. The predicted molar refractivity (Wildman–Crippen MR) is 79.5 cm³/mol. The zero-order valence-corrected chi connectivity index (χ0v) is 12.1. The Hall–Kier alpha value is -1.81. The molecule has 0 bridgehead atoms. The van der Waals surface area contributed by atoms with Crippen molar-refractivity contribution in [1.29, 1.82) is 0 Å². The molecular formula is C16H21NO3. The van der Waals surface area contributed by atoms with Gasteiger partial charge in [0.05, 0.1) is 14.2 Å². The fraction of sp³-hybridized carbons (Fsp3) is 0.438. The topological polar surface area (TPSA) is 51.6 Å². The average molecular weight is 275 g/mol. The molecule has 4 heteroatoms. The SMILES string of the molecule is COc1cc2ccnc(OC)c2cc1CCCCCO. The van der Waals surface area contributed by atoms with E-state index in [-0.39, 0.29) is 6.61 Å². The average Bonchev–Trinajstić information content (AvgIpc) is 2.50. The van der Waals surface area contributed by atoms with Crippen LogP contribution in [0.3, 0.4) is 0 Å². The van der Waals surface area contributed by atoms with E-state index in [2.05, 4.69) is 11.1 Å². The smallest absolute Gasteiger partial charge is 0.221 e. The van der Waals surface area contributed by atoms with Crippen LogP contribution in [0.4, 0.5) is 0 Å². The largest absolute Gasteiger partial charge is 0.496 e. The first kappa shape index (κ1) is 14.6. The van der Waals surface area contributed by atoms with Crippen LogP contribution in [0, 0.1) is 0 Å². The number of hydrogen-bond acceptors (Lipinski definition) is 4. The zero-order chi connectivity index (χ0) is 14.4. The molecule has 2 rings (SSSR count). The fourth-order valence-corrected chi connectivity index (χ4v) is 2.37. The normalized spacial score (nSPS) is 10.8. The number of aromatic nitrogens is 1. The van der Waals surface area contributed by atoms with Gasteiger partial charge in [-0.05, 0) is 48.4 Å². The van der Waals surface area contributed by atoms with Gasteiger partial charge < -0.3 is 14.6 Å². The standard InChI is InChI=1S/C16H21NO3/c1-19-15-11-12-7-8-17-16(20-2)14(12)10-13(15)6-4-3-5-9-18/h7-8,10-11,18H,3-6,9H2,1-2H3. The highest BCUT2D eigenvalue weighted by Gasteiger charge is 2.09. The van der Waals surface area contributed by atoms with Crippen LogP contribution >= 0.6 is 0 Å². The molecular weight excluding hydrogens is 254 g/mol. The number of aliphatic hydroxyl groups is 1. The van der Waals surface area contributed by atoms with Crippen molar-refractivity contribution in [1.82, 2.24) is 4.98 Å². The van der Waals surface area contributed by atoms with Gasteiger partial charge in [-0.25, -0.2) is 4.98 Å². The molecule has 0 aliphatic rings. The van der Waals surface area contributed by atoms with Crippen LogP contribution in [-0.2, 0) is 6.42 Å². The summed E-state index contributed by atoms with van der Waals surface area (Å²) in [5, 5.41) is 10.9. The molecule has 20 heavy (non-hydrogen) atoms. The van der Waals surface area contributed by atoms with E-state index in [1.807, 2.05) is 12.1 Å². The third-order valence-electron chi connectivity index (χ3n) is 3.43. The number of pyridine rings is 1. The van der Waals surface area contributed by atoms with E-state index in [4.69, 9.17) is 14.6 Å². The number of nitrogens with zero attached hydrogens (tertiary/aromatic N) is 1. The summed E-state index contributed by atoms with van der Waals surface area (Å²) >= 11 is 0. The lowest BCUT2D eigenvalue weighted by Gasteiger charge is -2.12. The van der Waals surface area contributed by atoms with Crippen LogP contribution in [0.25, 0.3) is 10.8 Å². The van der Waals surface area contributed by atoms with Crippen molar-refractivity contribution in [2.75, 3.05) is 20.8 Å². The van der Waals surface area contributed by atoms with Gasteiger partial charge in [-0.3, -0.25) is 0 Å². The molecule has 1 N–H and O–H groups in total. The highest BCUT2D eigenvalue weighted by atomic mass is 16.5. The molecule has 0 fully saturated rings. The predicted octanol–water partition coefficient (Wildman–Crippen LogP) is 2.96. The Morgan fingerprint density at radius 2 is 1.95 bits per heavy atom. The van der Waals surface area contributed by atoms with Crippen molar-refractivity contribution < 1.29 is 14.6 Å². The van der Waals surface area contributed by atoms with Gasteiger partial charge in [0, 0.05) is 18.2 Å². The van der Waals surface area contributed by atoms with Crippen molar-refractivity contribution in [3.63, 3.8) is 0 Å². The number of hydrogen-bond donors (Lipinski definition) is 1. The number of fused-ring (bicyclic) bond motifs is 1. The number of benzene rings is 1. The number of ether oxygens (including phenoxy) is 2. The van der Waals surface area contributed by atoms with E-state index in [0.717, 1.165) is 47.8 Å². The summed E-state index contributed by atoms with van der Waals surface area (Å²) in [7, 11) is 3.32. The molecule has 2 aromatic rings. The van der Waals surface area contributed by atoms with Gasteiger partial charge >= 0.3 is 0 Å². The molecule has 0 spiro atoms. The molecule has 108 valence electrons. The van der Waals surface area contributed by atoms with Crippen LogP contribution < -0.4 is 9.47 Å². The highest BCUT2D eigenvalue weighted by Crippen LogP contribution is 2.31. The third-order valence-corrected chi connectivity index (χ3v) is 3.43. The Balaban J connectivity index is 2.31. The minimum atomic E-state index is 0.257. The second-order valence-electron chi connectivity index (χ2n) is 4.74. The first-order valence-electron chi connectivity index (χ1n) is 6.90. The second kappa shape index (κ2) is 7.10. The Morgan fingerprint density at radius 1 is 1.10 bits per heavy atom. The Kier molecular flexibility index (Phi) is 5.18. The number of aryl methyl sites for hydroxylation is 1. The summed E-state index contributed by atoms with van der Waals surface area (Å²) in [6, 6.07) is 6.08. The fourth-order valence-electron chi connectivity index (χ4n) is 2.37. The van der Waals surface area contributed by atoms with Gasteiger partial charge in [-0.1, -0.05) is 6.42 Å². The molecule has 1 aromatic heterocycles. The minimum absolute atomic E-state index is 0.257. The molecule has 1 heterocycles. The quantitative estimate of drug-likeness (QED) is 0.789. The Morgan fingerprint density at radius 3 is 2.65 bits per heavy atom. The summed E-state index contributed by atoms with van der Waals surface area (Å²) in [6.45, 7) is 0.257. The van der Waals surface area contributed by atoms with Gasteiger partial charge in [0.2, 0.25) is 5.88 Å². The second-order valence-corrected chi connectivity index (χ2v) is 4.74. The van der Waals surface area contributed by atoms with E-state index in [1.54, 1.807) is 20.4 Å². The monoisotopic (exact) mass is 275 g/mol. The molecule has 1 aromatic carbocycles. The molecule has 0 amide bonds. The van der Waals surface area contributed by atoms with Gasteiger partial charge in [0.15, 0.2) is 0 Å². The molecule has 4 nitrogen and oxygen atoms in total. The maximum Gasteiger partial charge on any atom is 0.221 e. The van der Waals surface area contributed by atoms with E-state index < -0.39 is 0 Å². The lowest BCUT2D eigenvalue weighted by atomic mass is 10.0. The number of unbranched alkanes of at least 4 members (excludes halogenated alkanes) is 2. The van der Waals surface area contributed by atoms with Crippen LogP contribution in [0.1, 0.15) is 24.8 Å². The molecule has 0 aliphatic carbocycles. The summed E-state index contributed by atoms with van der Waals surface area (Å²) in [4.78, 5) is 4.24. The third kappa shape index (κ3) is 3.20.